The Bertz CT molecular complexity index is 665. The summed E-state index contributed by atoms with van der Waals surface area (Å²) in [6.07, 6.45) is 2.05. The Morgan fingerprint density at radius 2 is 1.58 bits per heavy atom. The van der Waals surface area contributed by atoms with E-state index in [2.05, 4.69) is 70.0 Å². The molecule has 2 nitrogen and oxygen atoms in total. The first kappa shape index (κ1) is 17.9. The minimum atomic E-state index is -0.139. The second kappa shape index (κ2) is 8.45. The maximum atomic E-state index is 6.82. The fraction of sp³-hybridized carbons (Fsp3) is 0.350. The quantitative estimate of drug-likeness (QED) is 0.262. The van der Waals surface area contributed by atoms with E-state index in [0.717, 1.165) is 35.7 Å². The molecule has 0 N–H and O–H groups in total. The number of likely N-dealkylation sites (tertiary alicyclic amines) is 1. The van der Waals surface area contributed by atoms with Crippen LogP contribution in [0.3, 0.4) is 0 Å². The number of hydrogen-bond donors (Lipinski definition) is 0. The van der Waals surface area contributed by atoms with Gasteiger partial charge in [-0.1, -0.05) is 94.9 Å². The second-order valence-corrected chi connectivity index (χ2v) is 7.32. The zero-order valence-corrected chi connectivity index (χ0v) is 16.6. The molecule has 126 valence electrons. The molecule has 0 radical (unpaired) electrons. The van der Waals surface area contributed by atoms with Gasteiger partial charge in [-0.25, -0.2) is 0 Å². The van der Waals surface area contributed by atoms with Crippen molar-refractivity contribution in [3.8, 4) is 0 Å². The number of nitrogens with zero attached hydrogens (tertiary/aromatic N) is 2. The second-order valence-electron chi connectivity index (χ2n) is 6.28. The van der Waals surface area contributed by atoms with Crippen LogP contribution in [0.25, 0.3) is 0 Å². The summed E-state index contributed by atoms with van der Waals surface area (Å²) in [4.78, 5) is 7.25. The summed E-state index contributed by atoms with van der Waals surface area (Å²) in [5, 5.41) is 0.755. The van der Waals surface area contributed by atoms with Crippen LogP contribution in [0.4, 0.5) is 0 Å². The van der Waals surface area contributed by atoms with Gasteiger partial charge in [0.2, 0.25) is 0 Å². The first-order chi connectivity index (χ1) is 11.7. The van der Waals surface area contributed by atoms with Crippen molar-refractivity contribution in [1.82, 2.24) is 4.90 Å². The molecule has 0 amide bonds. The smallest absolute Gasteiger partial charge is 0.111 e. The molecule has 0 atom stereocenters. The van der Waals surface area contributed by atoms with Crippen LogP contribution in [-0.4, -0.2) is 27.7 Å². The Morgan fingerprint density at radius 1 is 1.00 bits per heavy atom. The molecule has 0 spiro atoms. The highest BCUT2D eigenvalue weighted by molar-refractivity contribution is 14.1. The van der Waals surface area contributed by atoms with Gasteiger partial charge in [0.1, 0.15) is 5.17 Å². The van der Waals surface area contributed by atoms with E-state index in [9.17, 15) is 0 Å². The van der Waals surface area contributed by atoms with E-state index in [1.54, 1.807) is 0 Å². The van der Waals surface area contributed by atoms with Crippen molar-refractivity contribution < 1.29 is 0 Å². The fourth-order valence-electron chi connectivity index (χ4n) is 3.32. The number of hydrogen-bond acceptors (Lipinski definition) is 2. The highest BCUT2D eigenvalue weighted by atomic mass is 127. The van der Waals surface area contributed by atoms with Gasteiger partial charge in [-0.15, -0.1) is 0 Å². The van der Waals surface area contributed by atoms with Crippen LogP contribution in [0.1, 0.15) is 24.0 Å². The molecule has 1 heterocycles. The lowest BCUT2D eigenvalue weighted by Gasteiger charge is -2.41. The Morgan fingerprint density at radius 3 is 2.17 bits per heavy atom. The van der Waals surface area contributed by atoms with Crippen LogP contribution in [-0.2, 0) is 12.0 Å². The third-order valence-corrected chi connectivity index (χ3v) is 6.29. The van der Waals surface area contributed by atoms with Crippen LogP contribution in [0.5, 0.6) is 0 Å². The summed E-state index contributed by atoms with van der Waals surface area (Å²) in [6.45, 7) is 2.77. The number of halogens is 2. The van der Waals surface area contributed by atoms with Crippen LogP contribution >= 0.6 is 34.2 Å². The number of alkyl halides is 1. The molecular formula is C20H22ClIN2. The standard InChI is InChI=1S/C20H22ClIN2/c21-19(23-15-17-7-3-1-4-8-17)20(18-9-5-2-6-10-18)11-13-24(16-22)14-12-20/h1-10H,11-16H2. The predicted octanol–water partition coefficient (Wildman–Crippen LogP) is 5.25. The lowest BCUT2D eigenvalue weighted by molar-refractivity contribution is 0.225. The number of rotatable bonds is 5. The molecule has 2 aromatic carbocycles. The molecule has 1 aliphatic heterocycles. The maximum absolute atomic E-state index is 6.82. The Hall–Kier alpha value is -0.910. The van der Waals surface area contributed by atoms with Gasteiger partial charge < -0.3 is 0 Å². The molecular weight excluding hydrogens is 431 g/mol. The molecule has 3 rings (SSSR count). The summed E-state index contributed by atoms with van der Waals surface area (Å²) in [5.41, 5.74) is 2.35. The largest absolute Gasteiger partial charge is 0.294 e. The lowest BCUT2D eigenvalue weighted by Crippen LogP contribution is -2.45. The van der Waals surface area contributed by atoms with E-state index in [0.29, 0.717) is 6.54 Å². The van der Waals surface area contributed by atoms with E-state index < -0.39 is 0 Å². The first-order valence-electron chi connectivity index (χ1n) is 8.33. The zero-order chi connectivity index (χ0) is 16.8. The molecule has 0 aliphatic carbocycles. The topological polar surface area (TPSA) is 15.6 Å². The average molecular weight is 453 g/mol. The summed E-state index contributed by atoms with van der Waals surface area (Å²) >= 11 is 9.26. The highest BCUT2D eigenvalue weighted by Gasteiger charge is 2.39. The Kier molecular flexibility index (Phi) is 6.31. The van der Waals surface area contributed by atoms with Crippen molar-refractivity contribution in [3.63, 3.8) is 0 Å². The van der Waals surface area contributed by atoms with Crippen molar-refractivity contribution in [2.24, 2.45) is 4.99 Å². The molecule has 1 fully saturated rings. The van der Waals surface area contributed by atoms with Crippen LogP contribution in [0, 0.1) is 0 Å². The molecule has 0 bridgehead atoms. The predicted molar refractivity (Wildman–Crippen MR) is 111 cm³/mol. The minimum absolute atomic E-state index is 0.139. The van der Waals surface area contributed by atoms with E-state index in [1.165, 1.54) is 11.1 Å². The van der Waals surface area contributed by atoms with E-state index in [1.807, 2.05) is 18.2 Å². The van der Waals surface area contributed by atoms with Gasteiger partial charge in [0.15, 0.2) is 0 Å². The number of aliphatic imine (C=N–C) groups is 1. The van der Waals surface area contributed by atoms with Crippen molar-refractivity contribution in [3.05, 3.63) is 71.8 Å². The third-order valence-electron chi connectivity index (χ3n) is 4.84. The molecule has 0 aromatic heterocycles. The molecule has 24 heavy (non-hydrogen) atoms. The van der Waals surface area contributed by atoms with Gasteiger partial charge in [-0.3, -0.25) is 9.89 Å². The summed E-state index contributed by atoms with van der Waals surface area (Å²) in [6, 6.07) is 21.0. The van der Waals surface area contributed by atoms with Crippen molar-refractivity contribution >= 4 is 39.4 Å². The SMILES string of the molecule is ClC(=NCc1ccccc1)C1(c2ccccc2)CCN(CI)CC1. The average Bonchev–Trinajstić information content (AvgIpc) is 2.67. The summed E-state index contributed by atoms with van der Waals surface area (Å²) in [7, 11) is 0. The maximum Gasteiger partial charge on any atom is 0.111 e. The molecule has 0 saturated carbocycles. The van der Waals surface area contributed by atoms with Gasteiger partial charge in [0.25, 0.3) is 0 Å². The Balaban J connectivity index is 1.87. The zero-order valence-electron chi connectivity index (χ0n) is 13.7. The third kappa shape index (κ3) is 4.01. The van der Waals surface area contributed by atoms with Gasteiger partial charge >= 0.3 is 0 Å². The van der Waals surface area contributed by atoms with E-state index in [4.69, 9.17) is 16.6 Å². The van der Waals surface area contributed by atoms with Gasteiger partial charge in [-0.05, 0) is 24.0 Å². The van der Waals surface area contributed by atoms with Gasteiger partial charge in [0.05, 0.1) is 16.5 Å². The number of benzene rings is 2. The van der Waals surface area contributed by atoms with Crippen molar-refractivity contribution in [1.29, 1.82) is 0 Å². The highest BCUT2D eigenvalue weighted by Crippen LogP contribution is 2.38. The first-order valence-corrected chi connectivity index (χ1v) is 10.2. The minimum Gasteiger partial charge on any atom is -0.294 e. The molecule has 1 saturated heterocycles. The van der Waals surface area contributed by atoms with Crippen LogP contribution in [0.2, 0.25) is 0 Å². The normalized spacial score (nSPS) is 18.5. The lowest BCUT2D eigenvalue weighted by atomic mass is 9.73. The van der Waals surface area contributed by atoms with E-state index >= 15 is 0 Å². The number of piperidine rings is 1. The monoisotopic (exact) mass is 452 g/mol. The van der Waals surface area contributed by atoms with Gasteiger partial charge in [0, 0.05) is 13.1 Å². The summed E-state index contributed by atoms with van der Waals surface area (Å²) < 4.78 is 1.07. The molecule has 2 aromatic rings. The molecule has 1 aliphatic rings. The van der Waals surface area contributed by atoms with Crippen molar-refractivity contribution in [2.45, 2.75) is 24.8 Å². The summed E-state index contributed by atoms with van der Waals surface area (Å²) in [5.74, 6) is 0. The Labute approximate surface area is 163 Å². The van der Waals surface area contributed by atoms with Crippen LogP contribution < -0.4 is 0 Å². The molecule has 4 heteroatoms. The molecule has 0 unspecified atom stereocenters. The van der Waals surface area contributed by atoms with Crippen LogP contribution in [0.15, 0.2) is 65.7 Å². The fourth-order valence-corrected chi connectivity index (χ4v) is 4.36. The van der Waals surface area contributed by atoms with Gasteiger partial charge in [-0.2, -0.15) is 0 Å². The van der Waals surface area contributed by atoms with E-state index in [-0.39, 0.29) is 5.41 Å². The van der Waals surface area contributed by atoms with Crippen molar-refractivity contribution in [2.75, 3.05) is 17.6 Å².